The summed E-state index contributed by atoms with van der Waals surface area (Å²) in [5.41, 5.74) is 1.13. The van der Waals surface area contributed by atoms with E-state index in [1.54, 1.807) is 30.1 Å². The van der Waals surface area contributed by atoms with Crippen LogP contribution in [0.5, 0.6) is 0 Å². The molecular weight excluding hydrogens is 370 g/mol. The molecule has 0 radical (unpaired) electrons. The van der Waals surface area contributed by atoms with E-state index in [0.29, 0.717) is 23.3 Å². The largest absolute Gasteiger partial charge is 0.376 e. The normalized spacial score (nSPS) is 24.1. The fraction of sp³-hybridized carbons (Fsp3) is 0.526. The Morgan fingerprint density at radius 2 is 2.04 bits per heavy atom. The molecule has 27 heavy (non-hydrogen) atoms. The lowest BCUT2D eigenvalue weighted by atomic mass is 10.0. The van der Waals surface area contributed by atoms with Gasteiger partial charge in [0.05, 0.1) is 23.8 Å². The van der Waals surface area contributed by atoms with E-state index in [-0.39, 0.29) is 48.8 Å². The number of halogens is 1. The van der Waals surface area contributed by atoms with Gasteiger partial charge < -0.3 is 15.0 Å². The Kier molecular flexibility index (Phi) is 5.83. The van der Waals surface area contributed by atoms with Crippen molar-refractivity contribution in [3.05, 3.63) is 34.9 Å². The third-order valence-electron chi connectivity index (χ3n) is 5.53. The molecule has 2 saturated heterocycles. The Morgan fingerprint density at radius 1 is 1.26 bits per heavy atom. The minimum atomic E-state index is -0.333. The van der Waals surface area contributed by atoms with Crippen molar-refractivity contribution in [2.24, 2.45) is 0 Å². The molecule has 0 aromatic heterocycles. The van der Waals surface area contributed by atoms with Crippen molar-refractivity contribution in [1.29, 1.82) is 0 Å². The summed E-state index contributed by atoms with van der Waals surface area (Å²) in [4.78, 5) is 41.0. The molecule has 0 spiro atoms. The van der Waals surface area contributed by atoms with Crippen molar-refractivity contribution in [2.75, 3.05) is 33.3 Å². The van der Waals surface area contributed by atoms with E-state index < -0.39 is 0 Å². The third-order valence-corrected chi connectivity index (χ3v) is 5.53. The lowest BCUT2D eigenvalue weighted by Crippen LogP contribution is -2.38. The molecule has 4 rings (SSSR count). The summed E-state index contributed by atoms with van der Waals surface area (Å²) in [6, 6.07) is 4.95. The molecule has 0 saturated carbocycles. The molecule has 0 aliphatic carbocycles. The number of fused-ring (bicyclic) bond motifs is 1. The summed E-state index contributed by atoms with van der Waals surface area (Å²) >= 11 is 0. The van der Waals surface area contributed by atoms with Gasteiger partial charge in [-0.1, -0.05) is 0 Å². The van der Waals surface area contributed by atoms with E-state index in [1.807, 2.05) is 0 Å². The molecule has 8 heteroatoms. The molecule has 2 unspecified atom stereocenters. The molecule has 3 amide bonds. The average Bonchev–Trinajstić information content (AvgIpc) is 3.40. The Hall–Kier alpha value is -1.96. The van der Waals surface area contributed by atoms with Crippen molar-refractivity contribution in [1.82, 2.24) is 15.1 Å². The summed E-state index contributed by atoms with van der Waals surface area (Å²) in [6.07, 6.45) is 2.64. The third kappa shape index (κ3) is 3.59. The number of nitrogens with one attached hydrogen (secondary N) is 1. The summed E-state index contributed by atoms with van der Waals surface area (Å²) in [5, 5.41) is 3.24. The second-order valence-corrected chi connectivity index (χ2v) is 7.18. The fourth-order valence-electron chi connectivity index (χ4n) is 3.92. The van der Waals surface area contributed by atoms with E-state index in [4.69, 9.17) is 4.74 Å². The zero-order valence-corrected chi connectivity index (χ0v) is 16.1. The van der Waals surface area contributed by atoms with E-state index in [0.717, 1.165) is 32.4 Å². The first-order valence-corrected chi connectivity index (χ1v) is 9.16. The topological polar surface area (TPSA) is 79.0 Å². The maximum Gasteiger partial charge on any atom is 0.261 e. The molecule has 3 aliphatic rings. The van der Waals surface area contributed by atoms with Crippen LogP contribution in [0, 0.1) is 0 Å². The molecule has 146 valence electrons. The number of hydrogen-bond acceptors (Lipinski definition) is 5. The number of amides is 3. The minimum Gasteiger partial charge on any atom is -0.376 e. The van der Waals surface area contributed by atoms with E-state index in [2.05, 4.69) is 5.32 Å². The zero-order valence-electron chi connectivity index (χ0n) is 15.3. The second-order valence-electron chi connectivity index (χ2n) is 7.18. The standard InChI is InChI=1S/C19H23N3O4.ClH/c1-21(13-6-7-20-10-13)17(23)12-4-5-15-16(9-12)19(25)22(18(15)24)11-14-3-2-8-26-14;/h4-5,9,13-14,20H,2-3,6-8,10-11H2,1H3;1H. The van der Waals surface area contributed by atoms with Crippen LogP contribution in [0.1, 0.15) is 50.3 Å². The highest BCUT2D eigenvalue weighted by atomic mass is 35.5. The maximum atomic E-state index is 12.7. The van der Waals surface area contributed by atoms with Gasteiger partial charge in [-0.15, -0.1) is 12.4 Å². The Bertz CT molecular complexity index is 757. The van der Waals surface area contributed by atoms with Gasteiger partial charge in [0.1, 0.15) is 0 Å². The number of ether oxygens (including phenoxy) is 1. The summed E-state index contributed by atoms with van der Waals surface area (Å²) in [7, 11) is 1.78. The van der Waals surface area contributed by atoms with Crippen LogP contribution in [0.2, 0.25) is 0 Å². The van der Waals surface area contributed by atoms with Crippen LogP contribution in [-0.2, 0) is 4.74 Å². The highest BCUT2D eigenvalue weighted by molar-refractivity contribution is 6.22. The van der Waals surface area contributed by atoms with Gasteiger partial charge in [0, 0.05) is 31.8 Å². The number of nitrogens with zero attached hydrogens (tertiary/aromatic N) is 2. The Labute approximate surface area is 164 Å². The van der Waals surface area contributed by atoms with Crippen molar-refractivity contribution in [3.8, 4) is 0 Å². The van der Waals surface area contributed by atoms with E-state index in [1.165, 1.54) is 4.90 Å². The van der Waals surface area contributed by atoms with Crippen LogP contribution < -0.4 is 5.32 Å². The number of rotatable bonds is 4. The van der Waals surface area contributed by atoms with Crippen LogP contribution in [0.4, 0.5) is 0 Å². The molecule has 7 nitrogen and oxygen atoms in total. The summed E-state index contributed by atoms with van der Waals surface area (Å²) in [6.45, 7) is 2.63. The van der Waals surface area contributed by atoms with Gasteiger partial charge >= 0.3 is 0 Å². The van der Waals surface area contributed by atoms with Gasteiger partial charge in [-0.3, -0.25) is 19.3 Å². The quantitative estimate of drug-likeness (QED) is 0.780. The van der Waals surface area contributed by atoms with Crippen LogP contribution in [-0.4, -0.2) is 73.0 Å². The molecule has 2 atom stereocenters. The molecule has 1 aromatic rings. The first-order valence-electron chi connectivity index (χ1n) is 9.16. The Morgan fingerprint density at radius 3 is 2.70 bits per heavy atom. The number of likely N-dealkylation sites (N-methyl/N-ethyl adjacent to an activating group) is 1. The van der Waals surface area contributed by atoms with Crippen molar-refractivity contribution >= 4 is 30.1 Å². The van der Waals surface area contributed by atoms with Crippen LogP contribution in [0.3, 0.4) is 0 Å². The SMILES string of the molecule is CN(C(=O)c1ccc2c(c1)C(=O)N(CC1CCCO1)C2=O)C1CCNC1.Cl. The number of carbonyl (C=O) groups excluding carboxylic acids is 3. The minimum absolute atomic E-state index is 0. The number of hydrogen-bond donors (Lipinski definition) is 1. The molecule has 1 aromatic carbocycles. The second kappa shape index (κ2) is 7.96. The molecular formula is C19H24ClN3O4. The van der Waals surface area contributed by atoms with Gasteiger partial charge in [0.2, 0.25) is 0 Å². The van der Waals surface area contributed by atoms with Gasteiger partial charge in [-0.2, -0.15) is 0 Å². The first kappa shape index (κ1) is 19.8. The van der Waals surface area contributed by atoms with Gasteiger partial charge in [-0.25, -0.2) is 0 Å². The molecule has 0 bridgehead atoms. The van der Waals surface area contributed by atoms with Crippen molar-refractivity contribution < 1.29 is 19.1 Å². The fourth-order valence-corrected chi connectivity index (χ4v) is 3.92. The van der Waals surface area contributed by atoms with Gasteiger partial charge in [-0.05, 0) is 44.0 Å². The van der Waals surface area contributed by atoms with E-state index >= 15 is 0 Å². The summed E-state index contributed by atoms with van der Waals surface area (Å²) < 4.78 is 5.55. The first-order chi connectivity index (χ1) is 12.6. The van der Waals surface area contributed by atoms with Crippen molar-refractivity contribution in [3.63, 3.8) is 0 Å². The molecule has 2 fully saturated rings. The van der Waals surface area contributed by atoms with Crippen LogP contribution in [0.15, 0.2) is 18.2 Å². The monoisotopic (exact) mass is 393 g/mol. The zero-order chi connectivity index (χ0) is 18.3. The maximum absolute atomic E-state index is 12.7. The van der Waals surface area contributed by atoms with Crippen LogP contribution in [0.25, 0.3) is 0 Å². The number of benzene rings is 1. The highest BCUT2D eigenvalue weighted by Crippen LogP contribution is 2.26. The predicted octanol–water partition coefficient (Wildman–Crippen LogP) is 1.32. The Balaban J connectivity index is 0.00000210. The predicted molar refractivity (Wildman–Crippen MR) is 101 cm³/mol. The molecule has 3 aliphatic heterocycles. The van der Waals surface area contributed by atoms with Gasteiger partial charge in [0.15, 0.2) is 0 Å². The molecule has 1 N–H and O–H groups in total. The molecule has 3 heterocycles. The summed E-state index contributed by atoms with van der Waals surface area (Å²) in [5.74, 6) is -0.757. The lowest BCUT2D eigenvalue weighted by molar-refractivity contribution is 0.0475. The smallest absolute Gasteiger partial charge is 0.261 e. The highest BCUT2D eigenvalue weighted by Gasteiger charge is 2.38. The number of imide groups is 1. The number of carbonyl (C=O) groups is 3. The van der Waals surface area contributed by atoms with E-state index in [9.17, 15) is 14.4 Å². The lowest BCUT2D eigenvalue weighted by Gasteiger charge is -2.23. The van der Waals surface area contributed by atoms with Crippen molar-refractivity contribution in [2.45, 2.75) is 31.4 Å². The van der Waals surface area contributed by atoms with Gasteiger partial charge in [0.25, 0.3) is 17.7 Å². The van der Waals surface area contributed by atoms with Crippen LogP contribution >= 0.6 is 12.4 Å². The average molecular weight is 394 g/mol.